The van der Waals surface area contributed by atoms with E-state index < -0.39 is 11.6 Å². The molecule has 7 rings (SSSR count). The van der Waals surface area contributed by atoms with Gasteiger partial charge in [0.2, 0.25) is 5.91 Å². The Labute approximate surface area is 219 Å². The third kappa shape index (κ3) is 3.90. The lowest BCUT2D eigenvalue weighted by Crippen LogP contribution is -2.28. The van der Waals surface area contributed by atoms with Gasteiger partial charge in [0.1, 0.15) is 22.7 Å². The van der Waals surface area contributed by atoms with Crippen LogP contribution in [0.3, 0.4) is 0 Å². The number of hydrogen-bond acceptors (Lipinski definition) is 6. The summed E-state index contributed by atoms with van der Waals surface area (Å²) in [6, 6.07) is 8.01. The number of aromatic nitrogens is 7. The van der Waals surface area contributed by atoms with Crippen molar-refractivity contribution in [3.05, 3.63) is 73.0 Å². The van der Waals surface area contributed by atoms with Crippen molar-refractivity contribution < 1.29 is 13.6 Å². The molecule has 3 N–H and O–H groups in total. The van der Waals surface area contributed by atoms with E-state index >= 15 is 4.39 Å². The third-order valence-electron chi connectivity index (χ3n) is 7.08. The first-order valence-electron chi connectivity index (χ1n) is 12.4. The van der Waals surface area contributed by atoms with Crippen molar-refractivity contribution in [3.8, 4) is 33.9 Å². The highest BCUT2D eigenvalue weighted by Gasteiger charge is 2.26. The minimum atomic E-state index is -0.617. The number of anilines is 1. The summed E-state index contributed by atoms with van der Waals surface area (Å²) in [6.45, 7) is 0. The summed E-state index contributed by atoms with van der Waals surface area (Å²) < 4.78 is 30.6. The van der Waals surface area contributed by atoms with Crippen LogP contribution in [0.1, 0.15) is 19.3 Å². The third-order valence-corrected chi connectivity index (χ3v) is 7.08. The number of nitrogens with one attached hydrogen (secondary N) is 3. The number of nitrogens with zero attached hydrogens (tertiary/aromatic N) is 5. The van der Waals surface area contributed by atoms with Gasteiger partial charge >= 0.3 is 0 Å². The number of hydrogen-bond donors (Lipinski definition) is 3. The predicted molar refractivity (Wildman–Crippen MR) is 141 cm³/mol. The fraction of sp³-hybridized carbons (Fsp3) is 0.143. The van der Waals surface area contributed by atoms with Crippen LogP contribution < -0.4 is 5.32 Å². The number of rotatable bonds is 5. The van der Waals surface area contributed by atoms with Crippen molar-refractivity contribution in [2.24, 2.45) is 5.92 Å². The van der Waals surface area contributed by atoms with Crippen molar-refractivity contribution in [2.45, 2.75) is 19.3 Å². The van der Waals surface area contributed by atoms with Gasteiger partial charge in [-0.3, -0.25) is 24.8 Å². The fourth-order valence-corrected chi connectivity index (χ4v) is 4.82. The lowest BCUT2D eigenvalue weighted by molar-refractivity contribution is -0.122. The Kier molecular flexibility index (Phi) is 5.36. The Morgan fingerprint density at radius 3 is 2.62 bits per heavy atom. The van der Waals surface area contributed by atoms with Crippen LogP contribution in [0, 0.1) is 17.6 Å². The minimum Gasteiger partial charge on any atom is -0.335 e. The van der Waals surface area contributed by atoms with Gasteiger partial charge in [-0.1, -0.05) is 24.6 Å². The molecule has 1 saturated carbocycles. The van der Waals surface area contributed by atoms with E-state index in [-0.39, 0.29) is 34.4 Å². The number of pyridine rings is 3. The lowest BCUT2D eigenvalue weighted by Gasteiger charge is -2.24. The Bertz CT molecular complexity index is 1890. The average molecular weight is 523 g/mol. The second kappa shape index (κ2) is 9.05. The zero-order chi connectivity index (χ0) is 26.5. The average Bonchev–Trinajstić information content (AvgIpc) is 3.53. The highest BCUT2D eigenvalue weighted by atomic mass is 19.1. The second-order valence-corrected chi connectivity index (χ2v) is 9.51. The monoisotopic (exact) mass is 522 g/mol. The van der Waals surface area contributed by atoms with Crippen LogP contribution in [0.5, 0.6) is 0 Å². The van der Waals surface area contributed by atoms with E-state index in [9.17, 15) is 9.18 Å². The number of carbonyl (C=O) groups excluding carboxylic acids is 1. The maximum atomic E-state index is 16.0. The first-order chi connectivity index (χ1) is 19.1. The molecule has 0 unspecified atom stereocenters. The molecule has 0 bridgehead atoms. The number of halogens is 2. The standard InChI is InChI=1S/C28H20F2N8O/c29-19-7-2-1-6-17(19)18-11-32-12-21-25(18)36-27(35-21)26-22-20(37-38-26)13-33-24(23(22)30)15-8-16(10-31-9-15)34-28(39)14-4-3-5-14/h1-2,6-14H,3-5H2,(H,34,39)(H,35,36)(H,37,38). The van der Waals surface area contributed by atoms with Crippen LogP contribution in [0.2, 0.25) is 0 Å². The van der Waals surface area contributed by atoms with E-state index in [2.05, 4.69) is 40.4 Å². The number of fused-ring (bicyclic) bond motifs is 2. The van der Waals surface area contributed by atoms with Gasteiger partial charge in [-0.2, -0.15) is 5.10 Å². The van der Waals surface area contributed by atoms with Gasteiger partial charge in [-0.05, 0) is 25.0 Å². The molecule has 11 heteroatoms. The van der Waals surface area contributed by atoms with Gasteiger partial charge in [-0.25, -0.2) is 13.8 Å². The Morgan fingerprint density at radius 1 is 0.949 bits per heavy atom. The molecule has 6 aromatic rings. The molecule has 0 saturated heterocycles. The molecule has 1 aromatic carbocycles. The van der Waals surface area contributed by atoms with Gasteiger partial charge < -0.3 is 10.3 Å². The number of H-pyrrole nitrogens is 2. The zero-order valence-corrected chi connectivity index (χ0v) is 20.4. The molecule has 0 radical (unpaired) electrons. The minimum absolute atomic E-state index is 0.00580. The highest BCUT2D eigenvalue weighted by molar-refractivity contribution is 5.98. The quantitative estimate of drug-likeness (QED) is 0.269. The van der Waals surface area contributed by atoms with Crippen LogP contribution in [0.15, 0.2) is 61.3 Å². The van der Waals surface area contributed by atoms with Gasteiger partial charge in [0.15, 0.2) is 11.6 Å². The maximum Gasteiger partial charge on any atom is 0.227 e. The number of carbonyl (C=O) groups is 1. The molecule has 5 heterocycles. The topological polar surface area (TPSA) is 125 Å². The molecule has 39 heavy (non-hydrogen) atoms. The summed E-state index contributed by atoms with van der Waals surface area (Å²) in [5.74, 6) is -0.782. The predicted octanol–water partition coefficient (Wildman–Crippen LogP) is 5.64. The van der Waals surface area contributed by atoms with E-state index in [0.29, 0.717) is 38.9 Å². The number of imidazole rings is 1. The molecular weight excluding hydrogens is 502 g/mol. The number of benzene rings is 1. The smallest absolute Gasteiger partial charge is 0.227 e. The number of aromatic amines is 2. The summed E-state index contributed by atoms with van der Waals surface area (Å²) >= 11 is 0. The van der Waals surface area contributed by atoms with Crippen LogP contribution in [-0.4, -0.2) is 41.0 Å². The van der Waals surface area contributed by atoms with Gasteiger partial charge in [0.05, 0.1) is 40.7 Å². The van der Waals surface area contributed by atoms with Crippen LogP contribution in [0.4, 0.5) is 14.5 Å². The fourth-order valence-electron chi connectivity index (χ4n) is 4.82. The van der Waals surface area contributed by atoms with Crippen molar-refractivity contribution >= 4 is 33.5 Å². The molecular formula is C28H20F2N8O. The van der Waals surface area contributed by atoms with Crippen LogP contribution in [0.25, 0.3) is 55.8 Å². The maximum absolute atomic E-state index is 16.0. The van der Waals surface area contributed by atoms with Crippen molar-refractivity contribution in [3.63, 3.8) is 0 Å². The van der Waals surface area contributed by atoms with Crippen LogP contribution >= 0.6 is 0 Å². The summed E-state index contributed by atoms with van der Waals surface area (Å²) in [5.41, 5.74) is 3.45. The van der Waals surface area contributed by atoms with E-state index in [4.69, 9.17) is 0 Å². The summed E-state index contributed by atoms with van der Waals surface area (Å²) in [6.07, 6.45) is 10.4. The lowest BCUT2D eigenvalue weighted by atomic mass is 9.85. The van der Waals surface area contributed by atoms with E-state index in [1.54, 1.807) is 36.7 Å². The molecule has 1 aliphatic rings. The molecule has 9 nitrogen and oxygen atoms in total. The largest absolute Gasteiger partial charge is 0.335 e. The van der Waals surface area contributed by atoms with Gasteiger partial charge in [0.25, 0.3) is 0 Å². The summed E-state index contributed by atoms with van der Waals surface area (Å²) in [7, 11) is 0. The molecule has 0 spiro atoms. The van der Waals surface area contributed by atoms with Crippen molar-refractivity contribution in [1.29, 1.82) is 0 Å². The van der Waals surface area contributed by atoms with E-state index in [0.717, 1.165) is 19.3 Å². The Hall–Kier alpha value is -5.06. The Morgan fingerprint density at radius 2 is 1.79 bits per heavy atom. The number of amides is 1. The Balaban J connectivity index is 1.30. The SMILES string of the molecule is O=C(Nc1cncc(-c2ncc3[nH]nc(-c4nc5c(-c6ccccc6F)cncc5[nH]4)c3c2F)c1)C1CCC1. The molecule has 5 aromatic heterocycles. The first kappa shape index (κ1) is 23.1. The zero-order valence-electron chi connectivity index (χ0n) is 20.4. The van der Waals surface area contributed by atoms with Gasteiger partial charge in [-0.15, -0.1) is 0 Å². The molecule has 1 aliphatic carbocycles. The molecule has 1 fully saturated rings. The van der Waals surface area contributed by atoms with Crippen LogP contribution in [-0.2, 0) is 4.79 Å². The van der Waals surface area contributed by atoms with Crippen molar-refractivity contribution in [1.82, 2.24) is 35.1 Å². The molecule has 1 amide bonds. The van der Waals surface area contributed by atoms with E-state index in [1.807, 2.05) is 0 Å². The first-order valence-corrected chi connectivity index (χ1v) is 12.4. The van der Waals surface area contributed by atoms with Gasteiger partial charge in [0, 0.05) is 35.0 Å². The normalized spacial score (nSPS) is 13.6. The van der Waals surface area contributed by atoms with Crippen molar-refractivity contribution in [2.75, 3.05) is 5.32 Å². The highest BCUT2D eigenvalue weighted by Crippen LogP contribution is 2.35. The van der Waals surface area contributed by atoms with E-state index in [1.165, 1.54) is 24.7 Å². The molecule has 0 aliphatic heterocycles. The molecule has 192 valence electrons. The summed E-state index contributed by atoms with van der Waals surface area (Å²) in [5, 5.41) is 10.2. The molecule has 0 atom stereocenters. The summed E-state index contributed by atoms with van der Waals surface area (Å²) in [4.78, 5) is 32.9. The second-order valence-electron chi connectivity index (χ2n) is 9.51.